The maximum absolute atomic E-state index is 11.7. The number of carboxylic acids is 1. The molecule has 1 aromatic rings. The van der Waals surface area contributed by atoms with Gasteiger partial charge in [-0.3, -0.25) is 4.79 Å². The summed E-state index contributed by atoms with van der Waals surface area (Å²) < 4.78 is 28.5. The van der Waals surface area contributed by atoms with Crippen molar-refractivity contribution in [2.75, 3.05) is 13.4 Å². The number of ether oxygens (including phenoxy) is 1. The third-order valence-electron chi connectivity index (χ3n) is 3.61. The van der Waals surface area contributed by atoms with Crippen LogP contribution in [0, 0.1) is 16.7 Å². The fraction of sp³-hybridized carbons (Fsp3) is 0.385. The molecule has 20 heavy (non-hydrogen) atoms. The fourth-order valence-electron chi connectivity index (χ4n) is 2.63. The van der Waals surface area contributed by atoms with Gasteiger partial charge >= 0.3 is 5.97 Å². The number of carboxylic acid groups (broad SMARTS) is 1. The van der Waals surface area contributed by atoms with Crippen molar-refractivity contribution in [3.63, 3.8) is 0 Å². The maximum Gasteiger partial charge on any atom is 0.326 e. The van der Waals surface area contributed by atoms with Crippen molar-refractivity contribution < 1.29 is 23.1 Å². The van der Waals surface area contributed by atoms with Gasteiger partial charge in [0.05, 0.1) is 13.2 Å². The second-order valence-corrected chi connectivity index (χ2v) is 6.95. The predicted octanol–water partition coefficient (Wildman–Crippen LogP) is 0.800. The number of carbonyl (C=O) groups is 1. The summed E-state index contributed by atoms with van der Waals surface area (Å²) in [5.41, 5.74) is -1.40. The van der Waals surface area contributed by atoms with Crippen LogP contribution >= 0.6 is 0 Å². The molecule has 1 aliphatic carbocycles. The second-order valence-electron chi connectivity index (χ2n) is 4.79. The summed E-state index contributed by atoms with van der Waals surface area (Å²) in [6.45, 7) is 0. The molecule has 1 fully saturated rings. The molecule has 0 radical (unpaired) electrons. The molecule has 0 unspecified atom stereocenters. The first-order chi connectivity index (χ1) is 9.29. The molecule has 1 aromatic carbocycles. The quantitative estimate of drug-likeness (QED) is 0.881. The Bertz CT molecular complexity index is 688. The molecule has 0 aromatic heterocycles. The third-order valence-corrected chi connectivity index (χ3v) is 5.17. The Kier molecular flexibility index (Phi) is 3.22. The number of aliphatic carboxylic acids is 1. The summed E-state index contributed by atoms with van der Waals surface area (Å²) in [4.78, 5) is 11.4. The minimum Gasteiger partial charge on any atom is -0.497 e. The third kappa shape index (κ3) is 1.93. The molecule has 1 N–H and O–H groups in total. The lowest BCUT2D eigenvalue weighted by atomic mass is 10.0. The summed E-state index contributed by atoms with van der Waals surface area (Å²) in [5.74, 6) is -1.69. The Morgan fingerprint density at radius 3 is 2.25 bits per heavy atom. The van der Waals surface area contributed by atoms with Crippen molar-refractivity contribution in [3.8, 4) is 11.8 Å². The summed E-state index contributed by atoms with van der Waals surface area (Å²) in [6.07, 6.45) is 0.955. The average Bonchev–Trinajstić information content (AvgIpc) is 3.09. The van der Waals surface area contributed by atoms with Crippen molar-refractivity contribution in [1.29, 1.82) is 5.26 Å². The zero-order chi connectivity index (χ0) is 15.1. The van der Waals surface area contributed by atoms with Gasteiger partial charge in [0.25, 0.3) is 0 Å². The molecule has 0 spiro atoms. The maximum atomic E-state index is 11.7. The van der Waals surface area contributed by atoms with Crippen molar-refractivity contribution in [1.82, 2.24) is 0 Å². The lowest BCUT2D eigenvalue weighted by Crippen LogP contribution is -2.21. The Morgan fingerprint density at radius 2 is 1.95 bits per heavy atom. The van der Waals surface area contributed by atoms with Gasteiger partial charge in [-0.15, -0.1) is 0 Å². The molecule has 0 bridgehead atoms. The fourth-order valence-corrected chi connectivity index (χ4v) is 4.39. The Hall–Kier alpha value is -2.07. The molecule has 0 amide bonds. The average molecular weight is 295 g/mol. The molecule has 0 aliphatic heterocycles. The lowest BCUT2D eigenvalue weighted by molar-refractivity contribution is -0.141. The van der Waals surface area contributed by atoms with Gasteiger partial charge in [-0.1, -0.05) is 12.1 Å². The van der Waals surface area contributed by atoms with E-state index in [0.717, 1.165) is 6.26 Å². The van der Waals surface area contributed by atoms with Gasteiger partial charge < -0.3 is 9.84 Å². The number of benzene rings is 1. The molecule has 6 nitrogen and oxygen atoms in total. The molecule has 0 heterocycles. The molecule has 7 heteroatoms. The van der Waals surface area contributed by atoms with E-state index in [2.05, 4.69) is 0 Å². The van der Waals surface area contributed by atoms with E-state index in [-0.39, 0.29) is 0 Å². The molecular formula is C13H13NO5S. The number of sulfone groups is 1. The van der Waals surface area contributed by atoms with Gasteiger partial charge in [0.1, 0.15) is 11.0 Å². The molecule has 0 saturated heterocycles. The minimum absolute atomic E-state index is 0.505. The number of nitrogens with zero attached hydrogens (tertiary/aromatic N) is 1. The minimum atomic E-state index is -3.64. The first-order valence-electron chi connectivity index (χ1n) is 5.76. The zero-order valence-corrected chi connectivity index (χ0v) is 11.7. The topological polar surface area (TPSA) is 104 Å². The summed E-state index contributed by atoms with van der Waals surface area (Å²) in [5, 5.41) is 17.2. The number of methoxy groups -OCH3 is 1. The molecule has 1 aliphatic rings. The SMILES string of the molecule is COc1ccc([C@@H]2[C@@H](S(C)(=O)=O)[C@]2(C#N)C(=O)O)cc1. The van der Waals surface area contributed by atoms with Crippen LogP contribution in [0.15, 0.2) is 24.3 Å². The normalized spacial score (nSPS) is 28.4. The van der Waals surface area contributed by atoms with Crippen LogP contribution in [0.25, 0.3) is 0 Å². The monoisotopic (exact) mass is 295 g/mol. The Labute approximate surface area is 116 Å². The smallest absolute Gasteiger partial charge is 0.326 e. The summed E-state index contributed by atoms with van der Waals surface area (Å²) >= 11 is 0. The highest BCUT2D eigenvalue weighted by Gasteiger charge is 2.76. The van der Waals surface area contributed by atoms with Crippen LogP contribution in [-0.2, 0) is 14.6 Å². The number of hydrogen-bond donors (Lipinski definition) is 1. The van der Waals surface area contributed by atoms with Crippen LogP contribution in [0.1, 0.15) is 11.5 Å². The van der Waals surface area contributed by atoms with Crippen molar-refractivity contribution >= 4 is 15.8 Å². The van der Waals surface area contributed by atoms with Crippen LogP contribution in [0.3, 0.4) is 0 Å². The van der Waals surface area contributed by atoms with Crippen LogP contribution in [0.2, 0.25) is 0 Å². The van der Waals surface area contributed by atoms with Gasteiger partial charge in [0, 0.05) is 12.2 Å². The largest absolute Gasteiger partial charge is 0.497 e. The van der Waals surface area contributed by atoms with Crippen LogP contribution in [0.5, 0.6) is 5.75 Å². The van der Waals surface area contributed by atoms with E-state index in [1.165, 1.54) is 7.11 Å². The summed E-state index contributed by atoms with van der Waals surface area (Å²) in [6, 6.07) is 8.07. The highest BCUT2D eigenvalue weighted by molar-refractivity contribution is 7.91. The van der Waals surface area contributed by atoms with Gasteiger partial charge in [-0.25, -0.2) is 8.42 Å². The van der Waals surface area contributed by atoms with E-state index in [1.54, 1.807) is 30.3 Å². The predicted molar refractivity (Wildman–Crippen MR) is 70.0 cm³/mol. The van der Waals surface area contributed by atoms with E-state index in [4.69, 9.17) is 4.74 Å². The Balaban J connectivity index is 2.49. The first-order valence-corrected chi connectivity index (χ1v) is 7.72. The highest BCUT2D eigenvalue weighted by Crippen LogP contribution is 2.62. The Morgan fingerprint density at radius 1 is 1.40 bits per heavy atom. The van der Waals surface area contributed by atoms with Crippen LogP contribution in [-0.4, -0.2) is 38.1 Å². The van der Waals surface area contributed by atoms with E-state index in [0.29, 0.717) is 11.3 Å². The van der Waals surface area contributed by atoms with Crippen LogP contribution in [0.4, 0.5) is 0 Å². The standard InChI is InChI=1S/C13H13NO5S/c1-19-9-5-3-8(4-6-9)10-11(20(2,17)18)13(10,7-14)12(15)16/h3-6,10-11H,1-2H3,(H,15,16)/t10-,11-,13-/m1/s1. The molecular weight excluding hydrogens is 282 g/mol. The number of hydrogen-bond acceptors (Lipinski definition) is 5. The van der Waals surface area contributed by atoms with Gasteiger partial charge in [-0.05, 0) is 17.7 Å². The molecule has 1 saturated carbocycles. The van der Waals surface area contributed by atoms with Gasteiger partial charge in [-0.2, -0.15) is 5.26 Å². The van der Waals surface area contributed by atoms with Gasteiger partial charge in [0.15, 0.2) is 15.3 Å². The van der Waals surface area contributed by atoms with E-state index < -0.39 is 32.4 Å². The lowest BCUT2D eigenvalue weighted by Gasteiger charge is -2.03. The zero-order valence-electron chi connectivity index (χ0n) is 10.9. The van der Waals surface area contributed by atoms with Crippen molar-refractivity contribution in [3.05, 3.63) is 29.8 Å². The summed E-state index contributed by atoms with van der Waals surface area (Å²) in [7, 11) is -2.15. The second kappa shape index (κ2) is 4.49. The molecule has 3 atom stereocenters. The molecule has 2 rings (SSSR count). The van der Waals surface area contributed by atoms with Crippen LogP contribution < -0.4 is 4.74 Å². The highest BCUT2D eigenvalue weighted by atomic mass is 32.2. The number of rotatable bonds is 4. The molecule has 106 valence electrons. The first kappa shape index (κ1) is 14.3. The van der Waals surface area contributed by atoms with E-state index in [1.807, 2.05) is 0 Å². The number of nitriles is 1. The van der Waals surface area contributed by atoms with Crippen molar-refractivity contribution in [2.24, 2.45) is 5.41 Å². The van der Waals surface area contributed by atoms with Crippen molar-refractivity contribution in [2.45, 2.75) is 11.2 Å². The van der Waals surface area contributed by atoms with Gasteiger partial charge in [0.2, 0.25) is 0 Å². The van der Waals surface area contributed by atoms with E-state index in [9.17, 15) is 23.6 Å². The van der Waals surface area contributed by atoms with E-state index >= 15 is 0 Å².